The van der Waals surface area contributed by atoms with Gasteiger partial charge in [0.05, 0.1) is 0 Å². The van der Waals surface area contributed by atoms with E-state index >= 15 is 0 Å². The van der Waals surface area contributed by atoms with Crippen LogP contribution >= 0.6 is 11.6 Å². The van der Waals surface area contributed by atoms with Gasteiger partial charge in [-0.1, -0.05) is 11.6 Å². The maximum absolute atomic E-state index is 12.0. The molecular formula is C17H26ClN3O2. The van der Waals surface area contributed by atoms with Gasteiger partial charge >= 0.3 is 6.03 Å². The lowest BCUT2D eigenvalue weighted by atomic mass is 9.80. The van der Waals surface area contributed by atoms with Crippen molar-refractivity contribution in [2.24, 2.45) is 0 Å². The fraction of sp³-hybridized carbons (Fsp3) is 0.588. The van der Waals surface area contributed by atoms with Crippen LogP contribution in [0.25, 0.3) is 0 Å². The average Bonchev–Trinajstić information content (AvgIpc) is 2.37. The molecule has 0 unspecified atom stereocenters. The number of hydrogen-bond donors (Lipinski definition) is 3. The molecule has 2 amide bonds. The minimum absolute atomic E-state index is 0.000493. The summed E-state index contributed by atoms with van der Waals surface area (Å²) in [6.45, 7) is 8.74. The van der Waals surface area contributed by atoms with Gasteiger partial charge in [0.1, 0.15) is 5.75 Å². The Labute approximate surface area is 143 Å². The molecule has 128 valence electrons. The Hall–Kier alpha value is -1.46. The van der Waals surface area contributed by atoms with Crippen LogP contribution in [0.2, 0.25) is 5.02 Å². The molecule has 0 bridgehead atoms. The summed E-state index contributed by atoms with van der Waals surface area (Å²) >= 11 is 5.81. The van der Waals surface area contributed by atoms with Crippen molar-refractivity contribution in [3.8, 4) is 5.75 Å². The van der Waals surface area contributed by atoms with E-state index in [-0.39, 0.29) is 29.9 Å². The first-order chi connectivity index (χ1) is 10.7. The summed E-state index contributed by atoms with van der Waals surface area (Å²) in [4.78, 5) is 12.0. The van der Waals surface area contributed by atoms with Crippen LogP contribution in [0, 0.1) is 0 Å². The summed E-state index contributed by atoms with van der Waals surface area (Å²) in [6.07, 6.45) is 1.78. The number of carbonyl (C=O) groups is 1. The van der Waals surface area contributed by atoms with Gasteiger partial charge in [0.15, 0.2) is 6.73 Å². The first-order valence-corrected chi connectivity index (χ1v) is 8.25. The molecule has 0 aliphatic carbocycles. The molecular weight excluding hydrogens is 314 g/mol. The maximum Gasteiger partial charge on any atom is 0.317 e. The zero-order valence-electron chi connectivity index (χ0n) is 14.2. The summed E-state index contributed by atoms with van der Waals surface area (Å²) < 4.78 is 5.46. The standard InChI is InChI=1S/C17H26ClN3O2/c1-16(2)9-13(10-17(3,4)21-16)20-15(22)19-11-23-14-7-5-12(18)6-8-14/h5-8,13,21H,9-11H2,1-4H3,(H2,19,20,22). The molecule has 0 saturated carbocycles. The number of nitrogens with one attached hydrogen (secondary N) is 3. The number of benzene rings is 1. The topological polar surface area (TPSA) is 62.4 Å². The molecule has 0 aromatic heterocycles. The third kappa shape index (κ3) is 5.92. The summed E-state index contributed by atoms with van der Waals surface area (Å²) in [7, 11) is 0. The van der Waals surface area contributed by atoms with Gasteiger partial charge < -0.3 is 20.7 Å². The zero-order valence-corrected chi connectivity index (χ0v) is 15.0. The predicted octanol–water partition coefficient (Wildman–Crippen LogP) is 3.28. The van der Waals surface area contributed by atoms with E-state index in [9.17, 15) is 4.79 Å². The summed E-state index contributed by atoms with van der Waals surface area (Å²) in [5.41, 5.74) is -0.000985. The molecule has 1 fully saturated rings. The molecule has 1 aliphatic rings. The van der Waals surface area contributed by atoms with Crippen LogP contribution in [-0.2, 0) is 0 Å². The molecule has 3 N–H and O–H groups in total. The van der Waals surface area contributed by atoms with Crippen molar-refractivity contribution in [3.05, 3.63) is 29.3 Å². The Morgan fingerprint density at radius 2 is 1.78 bits per heavy atom. The molecule has 1 aromatic carbocycles. The van der Waals surface area contributed by atoms with Gasteiger partial charge in [0.2, 0.25) is 0 Å². The van der Waals surface area contributed by atoms with Gasteiger partial charge in [0, 0.05) is 22.1 Å². The van der Waals surface area contributed by atoms with Crippen molar-refractivity contribution in [3.63, 3.8) is 0 Å². The van der Waals surface area contributed by atoms with Crippen LogP contribution < -0.4 is 20.7 Å². The smallest absolute Gasteiger partial charge is 0.317 e. The third-order valence-corrected chi connectivity index (χ3v) is 4.06. The highest BCUT2D eigenvalue weighted by Gasteiger charge is 2.38. The second kappa shape index (κ2) is 6.97. The van der Waals surface area contributed by atoms with Gasteiger partial charge in [0.25, 0.3) is 0 Å². The lowest BCUT2D eigenvalue weighted by Gasteiger charge is -2.46. The van der Waals surface area contributed by atoms with E-state index in [4.69, 9.17) is 16.3 Å². The molecule has 1 heterocycles. The number of ether oxygens (including phenoxy) is 1. The summed E-state index contributed by atoms with van der Waals surface area (Å²) in [5, 5.41) is 10.0. The predicted molar refractivity (Wildman–Crippen MR) is 92.9 cm³/mol. The largest absolute Gasteiger partial charge is 0.473 e. The number of piperidine rings is 1. The second-order valence-electron chi connectivity index (χ2n) is 7.39. The van der Waals surface area contributed by atoms with Crippen LogP contribution in [0.15, 0.2) is 24.3 Å². The molecule has 1 aromatic rings. The minimum atomic E-state index is -0.211. The number of hydrogen-bond acceptors (Lipinski definition) is 3. The Morgan fingerprint density at radius 3 is 2.35 bits per heavy atom. The Morgan fingerprint density at radius 1 is 1.22 bits per heavy atom. The zero-order chi connectivity index (χ0) is 17.1. The van der Waals surface area contributed by atoms with E-state index in [0.29, 0.717) is 10.8 Å². The highest BCUT2D eigenvalue weighted by atomic mass is 35.5. The highest BCUT2D eigenvalue weighted by molar-refractivity contribution is 6.30. The van der Waals surface area contributed by atoms with E-state index in [0.717, 1.165) is 12.8 Å². The molecule has 0 radical (unpaired) electrons. The van der Waals surface area contributed by atoms with Gasteiger partial charge in [-0.2, -0.15) is 0 Å². The van der Waals surface area contributed by atoms with Gasteiger partial charge in [-0.05, 0) is 64.8 Å². The van der Waals surface area contributed by atoms with Crippen LogP contribution in [0.4, 0.5) is 4.79 Å². The lowest BCUT2D eigenvalue weighted by molar-refractivity contribution is 0.146. The quantitative estimate of drug-likeness (QED) is 0.738. The Kier molecular flexibility index (Phi) is 5.42. The van der Waals surface area contributed by atoms with Crippen LogP contribution in [0.5, 0.6) is 5.75 Å². The SMILES string of the molecule is CC1(C)CC(NC(=O)NCOc2ccc(Cl)cc2)CC(C)(C)N1. The molecule has 1 aliphatic heterocycles. The average molecular weight is 340 g/mol. The fourth-order valence-electron chi connectivity index (χ4n) is 3.38. The van der Waals surface area contributed by atoms with Crippen LogP contribution in [0.1, 0.15) is 40.5 Å². The van der Waals surface area contributed by atoms with E-state index in [1.807, 2.05) is 0 Å². The third-order valence-electron chi connectivity index (χ3n) is 3.81. The molecule has 23 heavy (non-hydrogen) atoms. The summed E-state index contributed by atoms with van der Waals surface area (Å²) in [5.74, 6) is 0.666. The monoisotopic (exact) mass is 339 g/mol. The Balaban J connectivity index is 1.77. The van der Waals surface area contributed by atoms with E-state index < -0.39 is 0 Å². The number of urea groups is 1. The molecule has 5 nitrogen and oxygen atoms in total. The van der Waals surface area contributed by atoms with Crippen molar-refractivity contribution in [1.29, 1.82) is 0 Å². The number of halogens is 1. The first kappa shape index (κ1) is 17.9. The highest BCUT2D eigenvalue weighted by Crippen LogP contribution is 2.28. The molecule has 0 spiro atoms. The first-order valence-electron chi connectivity index (χ1n) is 7.87. The number of rotatable bonds is 4. The van der Waals surface area contributed by atoms with Crippen molar-refractivity contribution < 1.29 is 9.53 Å². The lowest BCUT2D eigenvalue weighted by Crippen LogP contribution is -2.62. The summed E-state index contributed by atoms with van der Waals surface area (Å²) in [6, 6.07) is 6.94. The van der Waals surface area contributed by atoms with Crippen molar-refractivity contribution in [1.82, 2.24) is 16.0 Å². The Bertz CT molecular complexity index is 527. The normalized spacial score (nSPS) is 19.9. The maximum atomic E-state index is 12.0. The number of carbonyl (C=O) groups excluding carboxylic acids is 1. The second-order valence-corrected chi connectivity index (χ2v) is 7.83. The molecule has 6 heteroatoms. The van der Waals surface area contributed by atoms with Crippen molar-refractivity contribution in [2.45, 2.75) is 57.7 Å². The minimum Gasteiger partial charge on any atom is -0.473 e. The molecule has 1 saturated heterocycles. The van der Waals surface area contributed by atoms with Crippen molar-refractivity contribution in [2.75, 3.05) is 6.73 Å². The van der Waals surface area contributed by atoms with E-state index in [2.05, 4.69) is 43.6 Å². The molecule has 0 atom stereocenters. The van der Waals surface area contributed by atoms with Crippen molar-refractivity contribution >= 4 is 17.6 Å². The molecule has 2 rings (SSSR count). The van der Waals surface area contributed by atoms with Gasteiger partial charge in [-0.25, -0.2) is 4.79 Å². The van der Waals surface area contributed by atoms with Gasteiger partial charge in [-0.3, -0.25) is 0 Å². The fourth-order valence-corrected chi connectivity index (χ4v) is 3.50. The van der Waals surface area contributed by atoms with Gasteiger partial charge in [-0.15, -0.1) is 0 Å². The number of amides is 2. The van der Waals surface area contributed by atoms with Crippen LogP contribution in [-0.4, -0.2) is 29.9 Å². The van der Waals surface area contributed by atoms with Crippen LogP contribution in [0.3, 0.4) is 0 Å². The van der Waals surface area contributed by atoms with E-state index in [1.165, 1.54) is 0 Å². The van der Waals surface area contributed by atoms with E-state index in [1.54, 1.807) is 24.3 Å².